The molecule has 2 rings (SSSR count). The fraction of sp³-hybridized carbons (Fsp3) is 0.867. The van der Waals surface area contributed by atoms with Gasteiger partial charge in [-0.15, -0.1) is 5.10 Å². The maximum absolute atomic E-state index is 4.64. The highest BCUT2D eigenvalue weighted by Crippen LogP contribution is 2.11. The second-order valence-corrected chi connectivity index (χ2v) is 5.69. The van der Waals surface area contributed by atoms with Gasteiger partial charge in [0.2, 0.25) is 5.95 Å². The molecule has 114 valence electrons. The van der Waals surface area contributed by atoms with E-state index in [1.807, 2.05) is 0 Å². The van der Waals surface area contributed by atoms with Crippen LogP contribution in [-0.4, -0.2) is 41.4 Å². The summed E-state index contributed by atoms with van der Waals surface area (Å²) in [6.07, 6.45) is 10.1. The lowest BCUT2D eigenvalue weighted by atomic mass is 10.1. The summed E-state index contributed by atoms with van der Waals surface area (Å²) in [7, 11) is 0. The maximum atomic E-state index is 4.64. The fourth-order valence-corrected chi connectivity index (χ4v) is 2.66. The number of rotatable bonds is 8. The van der Waals surface area contributed by atoms with E-state index < -0.39 is 0 Å². The zero-order valence-electron chi connectivity index (χ0n) is 12.8. The molecule has 0 radical (unpaired) electrons. The van der Waals surface area contributed by atoms with Gasteiger partial charge in [-0.25, -0.2) is 0 Å². The molecule has 5 nitrogen and oxygen atoms in total. The molecule has 0 atom stereocenters. The van der Waals surface area contributed by atoms with Crippen molar-refractivity contribution in [3.8, 4) is 0 Å². The summed E-state index contributed by atoms with van der Waals surface area (Å²) < 4.78 is 0. The molecule has 1 fully saturated rings. The minimum atomic E-state index is 0.884. The summed E-state index contributed by atoms with van der Waals surface area (Å²) in [5, 5.41) is 10.9. The van der Waals surface area contributed by atoms with Gasteiger partial charge < -0.3 is 10.2 Å². The van der Waals surface area contributed by atoms with Gasteiger partial charge in [0.15, 0.2) is 0 Å². The lowest BCUT2D eigenvalue weighted by Crippen LogP contribution is -2.28. The first-order chi connectivity index (χ1) is 9.90. The number of nitrogens with zero attached hydrogens (tertiary/aromatic N) is 3. The van der Waals surface area contributed by atoms with E-state index >= 15 is 0 Å². The summed E-state index contributed by atoms with van der Waals surface area (Å²) in [4.78, 5) is 6.92. The molecule has 0 saturated carbocycles. The van der Waals surface area contributed by atoms with Crippen molar-refractivity contribution in [2.75, 3.05) is 31.1 Å². The molecule has 0 bridgehead atoms. The number of aromatic nitrogens is 3. The van der Waals surface area contributed by atoms with Gasteiger partial charge in [0, 0.05) is 26.1 Å². The molecule has 0 aliphatic carbocycles. The summed E-state index contributed by atoms with van der Waals surface area (Å²) in [6.45, 7) is 6.46. The van der Waals surface area contributed by atoms with Crippen LogP contribution in [0.5, 0.6) is 0 Å². The number of nitrogens with one attached hydrogen (secondary N) is 2. The molecule has 0 unspecified atom stereocenters. The Kier molecular flexibility index (Phi) is 6.84. The van der Waals surface area contributed by atoms with Gasteiger partial charge in [0.1, 0.15) is 5.82 Å². The van der Waals surface area contributed by atoms with Crippen LogP contribution < -0.4 is 10.2 Å². The quantitative estimate of drug-likeness (QED) is 0.718. The van der Waals surface area contributed by atoms with Crippen molar-refractivity contribution in [3.05, 3.63) is 5.82 Å². The van der Waals surface area contributed by atoms with Crippen LogP contribution in [0.2, 0.25) is 0 Å². The van der Waals surface area contributed by atoms with E-state index in [0.29, 0.717) is 0 Å². The van der Waals surface area contributed by atoms with Gasteiger partial charge >= 0.3 is 0 Å². The summed E-state index contributed by atoms with van der Waals surface area (Å²) in [6, 6.07) is 0. The number of aryl methyl sites for hydroxylation is 1. The summed E-state index contributed by atoms with van der Waals surface area (Å²) in [5.74, 6) is 1.93. The highest BCUT2D eigenvalue weighted by atomic mass is 15.4. The zero-order chi connectivity index (χ0) is 14.0. The largest absolute Gasteiger partial charge is 0.338 e. The first-order valence-corrected chi connectivity index (χ1v) is 8.27. The molecule has 0 amide bonds. The van der Waals surface area contributed by atoms with Crippen molar-refractivity contribution in [1.82, 2.24) is 20.5 Å². The Morgan fingerprint density at radius 1 is 1.05 bits per heavy atom. The third kappa shape index (κ3) is 5.12. The third-order valence-electron chi connectivity index (χ3n) is 3.91. The Balaban J connectivity index is 1.68. The van der Waals surface area contributed by atoms with E-state index in [1.54, 1.807) is 0 Å². The Labute approximate surface area is 122 Å². The average molecular weight is 279 g/mol. The predicted octanol–water partition coefficient (Wildman–Crippen LogP) is 2.51. The Hall–Kier alpha value is -1.10. The highest BCUT2D eigenvalue weighted by molar-refractivity contribution is 5.28. The van der Waals surface area contributed by atoms with Gasteiger partial charge in [-0.2, -0.15) is 4.98 Å². The Bertz CT molecular complexity index is 355. The third-order valence-corrected chi connectivity index (χ3v) is 3.91. The van der Waals surface area contributed by atoms with Crippen LogP contribution in [0.4, 0.5) is 5.95 Å². The Morgan fingerprint density at radius 2 is 1.90 bits per heavy atom. The Morgan fingerprint density at radius 3 is 2.80 bits per heavy atom. The molecule has 5 heteroatoms. The van der Waals surface area contributed by atoms with Crippen LogP contribution in [0.15, 0.2) is 0 Å². The summed E-state index contributed by atoms with van der Waals surface area (Å²) >= 11 is 0. The number of aromatic amines is 1. The number of unbranched alkanes of at least 4 members (excludes halogenated alkanes) is 5. The van der Waals surface area contributed by atoms with E-state index in [1.165, 1.54) is 44.9 Å². The molecular formula is C15H29N5. The van der Waals surface area contributed by atoms with Gasteiger partial charge in [-0.05, 0) is 19.4 Å². The first-order valence-electron chi connectivity index (χ1n) is 8.27. The van der Waals surface area contributed by atoms with E-state index in [0.717, 1.165) is 44.4 Å². The van der Waals surface area contributed by atoms with Gasteiger partial charge in [0.05, 0.1) is 0 Å². The van der Waals surface area contributed by atoms with E-state index in [-0.39, 0.29) is 0 Å². The lowest BCUT2D eigenvalue weighted by Gasteiger charge is -2.16. The molecular weight excluding hydrogens is 250 g/mol. The zero-order valence-corrected chi connectivity index (χ0v) is 12.8. The van der Waals surface area contributed by atoms with Crippen molar-refractivity contribution in [3.63, 3.8) is 0 Å². The minimum absolute atomic E-state index is 0.884. The molecule has 0 aromatic carbocycles. The molecule has 1 aliphatic rings. The highest BCUT2D eigenvalue weighted by Gasteiger charge is 2.13. The minimum Gasteiger partial charge on any atom is -0.338 e. The second kappa shape index (κ2) is 8.95. The van der Waals surface area contributed by atoms with Crippen LogP contribution >= 0.6 is 0 Å². The van der Waals surface area contributed by atoms with Crippen LogP contribution in [0, 0.1) is 0 Å². The van der Waals surface area contributed by atoms with E-state index in [4.69, 9.17) is 0 Å². The molecule has 1 saturated heterocycles. The number of H-pyrrole nitrogens is 1. The molecule has 1 aliphatic heterocycles. The second-order valence-electron chi connectivity index (χ2n) is 5.69. The lowest BCUT2D eigenvalue weighted by molar-refractivity contribution is 0.601. The van der Waals surface area contributed by atoms with Crippen molar-refractivity contribution in [2.24, 2.45) is 0 Å². The van der Waals surface area contributed by atoms with E-state index in [9.17, 15) is 0 Å². The maximum Gasteiger partial charge on any atom is 0.244 e. The standard InChI is InChI=1S/C15H29N5/c1-2-3-4-5-6-7-9-14-17-15(19-18-14)20-12-8-10-16-11-13-20/h16H,2-13H2,1H3,(H,17,18,19). The van der Waals surface area contributed by atoms with Crippen LogP contribution in [-0.2, 0) is 6.42 Å². The topological polar surface area (TPSA) is 56.8 Å². The van der Waals surface area contributed by atoms with Crippen LogP contribution in [0.25, 0.3) is 0 Å². The number of hydrogen-bond acceptors (Lipinski definition) is 4. The SMILES string of the molecule is CCCCCCCCc1nc(N2CCCNCC2)n[nH]1. The number of anilines is 1. The molecule has 2 heterocycles. The van der Waals surface area contributed by atoms with Gasteiger partial charge in [-0.3, -0.25) is 5.10 Å². The summed E-state index contributed by atoms with van der Waals surface area (Å²) in [5.41, 5.74) is 0. The van der Waals surface area contributed by atoms with Gasteiger partial charge in [0.25, 0.3) is 0 Å². The molecule has 1 aromatic heterocycles. The van der Waals surface area contributed by atoms with Crippen molar-refractivity contribution in [2.45, 2.75) is 58.3 Å². The van der Waals surface area contributed by atoms with E-state index in [2.05, 4.69) is 32.3 Å². The predicted molar refractivity (Wildman–Crippen MR) is 83.2 cm³/mol. The van der Waals surface area contributed by atoms with Gasteiger partial charge in [-0.1, -0.05) is 39.0 Å². The van der Waals surface area contributed by atoms with Crippen molar-refractivity contribution < 1.29 is 0 Å². The molecule has 20 heavy (non-hydrogen) atoms. The fourth-order valence-electron chi connectivity index (χ4n) is 2.66. The smallest absolute Gasteiger partial charge is 0.244 e. The monoisotopic (exact) mass is 279 g/mol. The first kappa shape index (κ1) is 15.3. The van der Waals surface area contributed by atoms with Crippen LogP contribution in [0.3, 0.4) is 0 Å². The molecule has 0 spiro atoms. The van der Waals surface area contributed by atoms with Crippen molar-refractivity contribution in [1.29, 1.82) is 0 Å². The van der Waals surface area contributed by atoms with Crippen LogP contribution in [0.1, 0.15) is 57.7 Å². The number of hydrogen-bond donors (Lipinski definition) is 2. The normalized spacial score (nSPS) is 16.4. The van der Waals surface area contributed by atoms with Crippen molar-refractivity contribution >= 4 is 5.95 Å². The average Bonchev–Trinajstić information content (AvgIpc) is 2.76. The molecule has 2 N–H and O–H groups in total. The molecule has 1 aromatic rings.